The lowest BCUT2D eigenvalue weighted by Crippen LogP contribution is -2.34. The van der Waals surface area contributed by atoms with E-state index in [1.54, 1.807) is 0 Å². The molecule has 3 nitrogen and oxygen atoms in total. The van der Waals surface area contributed by atoms with E-state index in [1.165, 1.54) is 103 Å². The number of rotatable bonds is 22. The molecule has 35 heavy (non-hydrogen) atoms. The van der Waals surface area contributed by atoms with Crippen molar-refractivity contribution in [3.63, 3.8) is 0 Å². The van der Waals surface area contributed by atoms with Crippen LogP contribution in [0, 0.1) is 0 Å². The minimum atomic E-state index is -0.881. The van der Waals surface area contributed by atoms with Crippen molar-refractivity contribution < 1.29 is 9.68 Å². The van der Waals surface area contributed by atoms with Crippen LogP contribution in [0.4, 0.5) is 0 Å². The summed E-state index contributed by atoms with van der Waals surface area (Å²) >= 11 is 0. The molecule has 0 radical (unpaired) electrons. The topological polar surface area (TPSA) is 42.4 Å². The van der Waals surface area contributed by atoms with E-state index in [9.17, 15) is 5.02 Å². The van der Waals surface area contributed by atoms with Crippen molar-refractivity contribution in [2.45, 2.75) is 122 Å². The predicted molar refractivity (Wildman–Crippen MR) is 151 cm³/mol. The molecule has 1 heterocycles. The molecule has 0 saturated carbocycles. The third-order valence-electron chi connectivity index (χ3n) is 7.05. The van der Waals surface area contributed by atoms with Crippen LogP contribution in [0.1, 0.15) is 128 Å². The van der Waals surface area contributed by atoms with Gasteiger partial charge in [-0.15, -0.1) is 0 Å². The molecule has 1 aromatic heterocycles. The standard InChI is InChI=1S/C31H50BNO2/c1-2-3-4-5-6-7-8-9-10-11-12-13-14-15-16-18-23-29(31-26-21-22-27-33-31)28-35-32(34)30-24-19-17-20-25-30/h17,19-22,24-27,29,34H,2-16,18,23,28H2,1H3. The van der Waals surface area contributed by atoms with Gasteiger partial charge in [0.1, 0.15) is 0 Å². The van der Waals surface area contributed by atoms with Crippen LogP contribution in [0.25, 0.3) is 0 Å². The Hall–Kier alpha value is -1.65. The van der Waals surface area contributed by atoms with Crippen molar-refractivity contribution in [1.29, 1.82) is 0 Å². The average Bonchev–Trinajstić information content (AvgIpc) is 2.91. The van der Waals surface area contributed by atoms with Gasteiger partial charge in [0.25, 0.3) is 0 Å². The maximum Gasteiger partial charge on any atom is 0.491 e. The largest absolute Gasteiger partial charge is 0.491 e. The normalized spacial score (nSPS) is 12.1. The summed E-state index contributed by atoms with van der Waals surface area (Å²) < 4.78 is 5.84. The summed E-state index contributed by atoms with van der Waals surface area (Å²) in [5.41, 5.74) is 1.86. The minimum Gasteiger partial charge on any atom is -0.423 e. The van der Waals surface area contributed by atoms with E-state index >= 15 is 0 Å². The molecule has 0 spiro atoms. The molecule has 0 aliphatic carbocycles. The predicted octanol–water partition coefficient (Wildman–Crippen LogP) is 8.22. The monoisotopic (exact) mass is 479 g/mol. The van der Waals surface area contributed by atoms with Crippen LogP contribution in [0.15, 0.2) is 54.7 Å². The molecule has 1 atom stereocenters. The smallest absolute Gasteiger partial charge is 0.423 e. The van der Waals surface area contributed by atoms with Crippen LogP contribution in [-0.2, 0) is 4.65 Å². The van der Waals surface area contributed by atoms with Crippen LogP contribution in [0.3, 0.4) is 0 Å². The molecule has 2 rings (SSSR count). The van der Waals surface area contributed by atoms with Gasteiger partial charge in [0.2, 0.25) is 0 Å². The molecule has 0 bridgehead atoms. The molecule has 0 saturated heterocycles. The third-order valence-corrected chi connectivity index (χ3v) is 7.05. The first-order chi connectivity index (χ1) is 17.3. The van der Waals surface area contributed by atoms with Gasteiger partial charge in [0.15, 0.2) is 0 Å². The van der Waals surface area contributed by atoms with E-state index in [4.69, 9.17) is 4.65 Å². The number of nitrogens with zero attached hydrogens (tertiary/aromatic N) is 1. The van der Waals surface area contributed by atoms with Crippen LogP contribution in [0.2, 0.25) is 0 Å². The van der Waals surface area contributed by atoms with E-state index in [2.05, 4.69) is 18.0 Å². The van der Waals surface area contributed by atoms with Crippen molar-refractivity contribution in [1.82, 2.24) is 4.98 Å². The Morgan fingerprint density at radius 3 is 1.71 bits per heavy atom. The van der Waals surface area contributed by atoms with Gasteiger partial charge in [-0.25, -0.2) is 0 Å². The molecule has 194 valence electrons. The second kappa shape index (κ2) is 20.5. The van der Waals surface area contributed by atoms with Crippen molar-refractivity contribution in [3.05, 3.63) is 60.4 Å². The second-order valence-electron chi connectivity index (χ2n) is 10.1. The average molecular weight is 480 g/mol. The lowest BCUT2D eigenvalue weighted by Gasteiger charge is -2.18. The maximum atomic E-state index is 10.4. The Morgan fingerprint density at radius 2 is 1.20 bits per heavy atom. The van der Waals surface area contributed by atoms with Gasteiger partial charge in [-0.05, 0) is 24.0 Å². The van der Waals surface area contributed by atoms with Gasteiger partial charge >= 0.3 is 7.12 Å². The summed E-state index contributed by atoms with van der Waals surface area (Å²) in [6.07, 6.45) is 25.1. The Bertz CT molecular complexity index is 712. The maximum absolute atomic E-state index is 10.4. The lowest BCUT2D eigenvalue weighted by atomic mass is 9.79. The second-order valence-corrected chi connectivity index (χ2v) is 10.1. The van der Waals surface area contributed by atoms with Crippen LogP contribution < -0.4 is 5.46 Å². The third kappa shape index (κ3) is 14.5. The molecule has 2 aromatic rings. The summed E-state index contributed by atoms with van der Waals surface area (Å²) in [6.45, 7) is 2.78. The Balaban J connectivity index is 1.50. The molecular formula is C31H50BNO2. The van der Waals surface area contributed by atoms with Crippen LogP contribution in [-0.4, -0.2) is 23.7 Å². The van der Waals surface area contributed by atoms with E-state index in [-0.39, 0.29) is 5.92 Å². The Morgan fingerprint density at radius 1 is 0.686 bits per heavy atom. The van der Waals surface area contributed by atoms with Gasteiger partial charge in [0.05, 0.1) is 0 Å². The lowest BCUT2D eigenvalue weighted by molar-refractivity contribution is 0.240. The highest BCUT2D eigenvalue weighted by Gasteiger charge is 2.20. The van der Waals surface area contributed by atoms with E-state index in [0.717, 1.165) is 17.6 Å². The van der Waals surface area contributed by atoms with Crippen LogP contribution >= 0.6 is 0 Å². The number of benzene rings is 1. The molecule has 1 aromatic carbocycles. The summed E-state index contributed by atoms with van der Waals surface area (Å²) in [7, 11) is -0.881. The zero-order valence-corrected chi connectivity index (χ0v) is 22.4. The van der Waals surface area contributed by atoms with Gasteiger partial charge in [0, 0.05) is 24.4 Å². The molecule has 0 aliphatic rings. The Labute approximate surface area is 216 Å². The summed E-state index contributed by atoms with van der Waals surface area (Å²) in [5, 5.41) is 10.4. The van der Waals surface area contributed by atoms with Gasteiger partial charge < -0.3 is 9.68 Å². The zero-order valence-electron chi connectivity index (χ0n) is 22.4. The summed E-state index contributed by atoms with van der Waals surface area (Å²) in [5.74, 6) is 0.223. The minimum absolute atomic E-state index is 0.223. The summed E-state index contributed by atoms with van der Waals surface area (Å²) in [4.78, 5) is 4.56. The van der Waals surface area contributed by atoms with E-state index in [0.29, 0.717) is 6.61 Å². The highest BCUT2D eigenvalue weighted by molar-refractivity contribution is 6.59. The molecule has 0 fully saturated rings. The van der Waals surface area contributed by atoms with E-state index in [1.807, 2.05) is 48.7 Å². The molecule has 0 aliphatic heterocycles. The highest BCUT2D eigenvalue weighted by atomic mass is 16.5. The quantitative estimate of drug-likeness (QED) is 0.137. The van der Waals surface area contributed by atoms with Crippen molar-refractivity contribution in [3.8, 4) is 0 Å². The Kier molecular flexibility index (Phi) is 17.4. The van der Waals surface area contributed by atoms with Gasteiger partial charge in [-0.3, -0.25) is 4.98 Å². The highest BCUT2D eigenvalue weighted by Crippen LogP contribution is 2.22. The molecule has 4 heteroatoms. The number of hydrogen-bond acceptors (Lipinski definition) is 3. The van der Waals surface area contributed by atoms with Crippen molar-refractivity contribution in [2.75, 3.05) is 6.61 Å². The van der Waals surface area contributed by atoms with E-state index < -0.39 is 7.12 Å². The van der Waals surface area contributed by atoms with Gasteiger partial charge in [-0.1, -0.05) is 146 Å². The fourth-order valence-electron chi connectivity index (χ4n) is 4.79. The first-order valence-electron chi connectivity index (χ1n) is 14.6. The van der Waals surface area contributed by atoms with Crippen LogP contribution in [0.5, 0.6) is 0 Å². The van der Waals surface area contributed by atoms with Gasteiger partial charge in [-0.2, -0.15) is 0 Å². The molecule has 1 unspecified atom stereocenters. The molecule has 1 N–H and O–H groups in total. The molecular weight excluding hydrogens is 429 g/mol. The van der Waals surface area contributed by atoms with Crippen molar-refractivity contribution >= 4 is 12.6 Å². The van der Waals surface area contributed by atoms with Crippen molar-refractivity contribution in [2.24, 2.45) is 0 Å². The fourth-order valence-corrected chi connectivity index (χ4v) is 4.79. The first kappa shape index (κ1) is 29.6. The number of pyridine rings is 1. The number of hydrogen-bond donors (Lipinski definition) is 1. The first-order valence-corrected chi connectivity index (χ1v) is 14.6. The fraction of sp³-hybridized carbons (Fsp3) is 0.645. The molecule has 0 amide bonds. The number of aromatic nitrogens is 1. The number of unbranched alkanes of at least 4 members (excludes halogenated alkanes) is 15. The summed E-state index contributed by atoms with van der Waals surface area (Å²) in [6, 6.07) is 15.7. The SMILES string of the molecule is CCCCCCCCCCCCCCCCCCC(COB(O)c1ccccc1)c1ccccn1. The zero-order chi connectivity index (χ0) is 24.8.